The molecule has 0 unspecified atom stereocenters. The van der Waals surface area contributed by atoms with E-state index < -0.39 is 0 Å². The first-order chi connectivity index (χ1) is 12.6. The molecule has 2 aromatic heterocycles. The summed E-state index contributed by atoms with van der Waals surface area (Å²) in [5.74, 6) is 0. The van der Waals surface area contributed by atoms with E-state index in [0.717, 1.165) is 29.9 Å². The highest BCUT2D eigenvalue weighted by atomic mass is 15.3. The van der Waals surface area contributed by atoms with E-state index in [-0.39, 0.29) is 0 Å². The second-order valence-electron chi connectivity index (χ2n) is 7.45. The van der Waals surface area contributed by atoms with Crippen molar-refractivity contribution in [2.75, 3.05) is 39.8 Å². The molecule has 136 valence electrons. The van der Waals surface area contributed by atoms with Crippen LogP contribution in [0, 0.1) is 6.92 Å². The Hall–Kier alpha value is -2.24. The highest BCUT2D eigenvalue weighted by molar-refractivity contribution is 5.85. The Labute approximate surface area is 155 Å². The Balaban J connectivity index is 1.53. The molecule has 1 aromatic carbocycles. The average molecular weight is 349 g/mol. The molecule has 3 heterocycles. The van der Waals surface area contributed by atoms with Crippen molar-refractivity contribution in [3.8, 4) is 11.4 Å². The number of aryl methyl sites for hydroxylation is 2. The number of nitrogens with zero attached hydrogens (tertiary/aromatic N) is 5. The summed E-state index contributed by atoms with van der Waals surface area (Å²) in [6, 6.07) is 10.9. The minimum Gasteiger partial charge on any atom is -0.304 e. The van der Waals surface area contributed by atoms with E-state index in [2.05, 4.69) is 53.1 Å². The molecule has 3 aromatic rings. The fourth-order valence-electron chi connectivity index (χ4n) is 3.64. The minimum atomic E-state index is 0.927. The van der Waals surface area contributed by atoms with Crippen molar-refractivity contribution >= 4 is 10.9 Å². The maximum atomic E-state index is 4.83. The van der Waals surface area contributed by atoms with Crippen LogP contribution >= 0.6 is 0 Å². The van der Waals surface area contributed by atoms with Crippen LogP contribution in [0.4, 0.5) is 0 Å². The molecule has 0 atom stereocenters. The molecular weight excluding hydrogens is 322 g/mol. The van der Waals surface area contributed by atoms with Crippen molar-refractivity contribution in [3.63, 3.8) is 0 Å². The predicted molar refractivity (Wildman–Crippen MR) is 106 cm³/mol. The van der Waals surface area contributed by atoms with E-state index in [9.17, 15) is 0 Å². The highest BCUT2D eigenvalue weighted by Gasteiger charge is 2.13. The van der Waals surface area contributed by atoms with Crippen LogP contribution in [-0.2, 0) is 13.5 Å². The first-order valence-electron chi connectivity index (χ1n) is 9.40. The normalized spacial score (nSPS) is 16.4. The molecule has 0 bridgehead atoms. The highest BCUT2D eigenvalue weighted by Crippen LogP contribution is 2.24. The summed E-state index contributed by atoms with van der Waals surface area (Å²) in [6.45, 7) is 8.02. The Morgan fingerprint density at radius 3 is 2.50 bits per heavy atom. The first kappa shape index (κ1) is 17.2. The SMILES string of the molecule is Cc1cc(-c2ccn(C)n2)nc2ccc(CCN3CCN(C)CC3)cc12. The molecule has 0 saturated carbocycles. The first-order valence-corrected chi connectivity index (χ1v) is 9.40. The number of benzene rings is 1. The lowest BCUT2D eigenvalue weighted by molar-refractivity contribution is 0.155. The van der Waals surface area contributed by atoms with Crippen LogP contribution in [0.5, 0.6) is 0 Å². The maximum absolute atomic E-state index is 4.83. The van der Waals surface area contributed by atoms with Crippen molar-refractivity contribution in [1.29, 1.82) is 0 Å². The summed E-state index contributed by atoms with van der Waals surface area (Å²) >= 11 is 0. The van der Waals surface area contributed by atoms with E-state index in [1.807, 2.05) is 24.0 Å². The van der Waals surface area contributed by atoms with Gasteiger partial charge in [-0.15, -0.1) is 0 Å². The number of fused-ring (bicyclic) bond motifs is 1. The van der Waals surface area contributed by atoms with Crippen LogP contribution in [0.25, 0.3) is 22.3 Å². The minimum absolute atomic E-state index is 0.927. The van der Waals surface area contributed by atoms with Crippen molar-refractivity contribution in [3.05, 3.63) is 47.7 Å². The van der Waals surface area contributed by atoms with Gasteiger partial charge in [0.25, 0.3) is 0 Å². The zero-order valence-electron chi connectivity index (χ0n) is 15.9. The van der Waals surface area contributed by atoms with Gasteiger partial charge >= 0.3 is 0 Å². The lowest BCUT2D eigenvalue weighted by Gasteiger charge is -2.32. The largest absolute Gasteiger partial charge is 0.304 e. The molecule has 5 nitrogen and oxygen atoms in total. The summed E-state index contributed by atoms with van der Waals surface area (Å²) in [7, 11) is 4.14. The van der Waals surface area contributed by atoms with Crippen LogP contribution in [-0.4, -0.2) is 64.3 Å². The summed E-state index contributed by atoms with van der Waals surface area (Å²) in [5.41, 5.74) is 5.58. The third-order valence-corrected chi connectivity index (χ3v) is 5.37. The molecule has 1 saturated heterocycles. The van der Waals surface area contributed by atoms with Crippen LogP contribution in [0.1, 0.15) is 11.1 Å². The van der Waals surface area contributed by atoms with Gasteiger partial charge in [-0.05, 0) is 55.8 Å². The van der Waals surface area contributed by atoms with E-state index in [1.54, 1.807) is 0 Å². The van der Waals surface area contributed by atoms with Crippen molar-refractivity contribution in [2.24, 2.45) is 7.05 Å². The summed E-state index contributed by atoms with van der Waals surface area (Å²) in [4.78, 5) is 9.80. The molecule has 0 N–H and O–H groups in total. The second kappa shape index (κ2) is 7.17. The number of likely N-dealkylation sites (N-methyl/N-ethyl adjacent to an activating group) is 1. The van der Waals surface area contributed by atoms with Gasteiger partial charge in [0, 0.05) is 51.4 Å². The lowest BCUT2D eigenvalue weighted by atomic mass is 10.0. The van der Waals surface area contributed by atoms with Gasteiger partial charge in [-0.1, -0.05) is 6.07 Å². The molecule has 4 rings (SSSR count). The molecule has 0 amide bonds. The number of pyridine rings is 1. The van der Waals surface area contributed by atoms with Crippen LogP contribution in [0.3, 0.4) is 0 Å². The standard InChI is InChI=1S/C21H27N5/c1-16-14-21(20-7-8-25(3)23-20)22-19-5-4-17(15-18(16)19)6-9-26-12-10-24(2)11-13-26/h4-5,7-8,14-15H,6,9-13H2,1-3H3. The van der Waals surface area contributed by atoms with Crippen molar-refractivity contribution in [2.45, 2.75) is 13.3 Å². The van der Waals surface area contributed by atoms with Crippen molar-refractivity contribution < 1.29 is 0 Å². The van der Waals surface area contributed by atoms with E-state index in [4.69, 9.17) is 4.98 Å². The van der Waals surface area contributed by atoms with Gasteiger partial charge in [-0.2, -0.15) is 5.10 Å². The third-order valence-electron chi connectivity index (χ3n) is 5.37. The zero-order chi connectivity index (χ0) is 18.1. The number of rotatable bonds is 4. The molecule has 26 heavy (non-hydrogen) atoms. The van der Waals surface area contributed by atoms with Gasteiger partial charge in [-0.25, -0.2) is 4.98 Å². The molecule has 1 fully saturated rings. The average Bonchev–Trinajstić information content (AvgIpc) is 3.08. The summed E-state index contributed by atoms with van der Waals surface area (Å²) in [5, 5.41) is 5.73. The summed E-state index contributed by atoms with van der Waals surface area (Å²) < 4.78 is 1.82. The van der Waals surface area contributed by atoms with Gasteiger partial charge in [0.05, 0.1) is 11.2 Å². The van der Waals surface area contributed by atoms with Gasteiger partial charge in [0.2, 0.25) is 0 Å². The monoisotopic (exact) mass is 349 g/mol. The van der Waals surface area contributed by atoms with E-state index in [1.165, 1.54) is 42.7 Å². The van der Waals surface area contributed by atoms with Crippen molar-refractivity contribution in [1.82, 2.24) is 24.6 Å². The van der Waals surface area contributed by atoms with Crippen LogP contribution < -0.4 is 0 Å². The number of hydrogen-bond donors (Lipinski definition) is 0. The van der Waals surface area contributed by atoms with E-state index in [0.29, 0.717) is 0 Å². The second-order valence-corrected chi connectivity index (χ2v) is 7.45. The Kier molecular flexibility index (Phi) is 4.74. The van der Waals surface area contributed by atoms with Gasteiger partial charge < -0.3 is 9.80 Å². The molecule has 0 spiro atoms. The predicted octanol–water partition coefficient (Wildman–Crippen LogP) is 2.73. The molecule has 1 aliphatic rings. The fraction of sp³-hybridized carbons (Fsp3) is 0.429. The van der Waals surface area contributed by atoms with Gasteiger partial charge in [-0.3, -0.25) is 4.68 Å². The van der Waals surface area contributed by atoms with Crippen LogP contribution in [0.15, 0.2) is 36.5 Å². The van der Waals surface area contributed by atoms with E-state index >= 15 is 0 Å². The molecular formula is C21H27N5. The molecule has 5 heteroatoms. The Bertz CT molecular complexity index is 906. The maximum Gasteiger partial charge on any atom is 0.111 e. The Morgan fingerprint density at radius 2 is 1.77 bits per heavy atom. The third kappa shape index (κ3) is 3.64. The number of piperazine rings is 1. The molecule has 1 aliphatic heterocycles. The van der Waals surface area contributed by atoms with Gasteiger partial charge in [0.1, 0.15) is 5.69 Å². The van der Waals surface area contributed by atoms with Gasteiger partial charge in [0.15, 0.2) is 0 Å². The quantitative estimate of drug-likeness (QED) is 0.726. The Morgan fingerprint density at radius 1 is 0.962 bits per heavy atom. The summed E-state index contributed by atoms with van der Waals surface area (Å²) in [6.07, 6.45) is 3.05. The van der Waals surface area contributed by atoms with Crippen LogP contribution in [0.2, 0.25) is 0 Å². The lowest BCUT2D eigenvalue weighted by Crippen LogP contribution is -2.45. The smallest absolute Gasteiger partial charge is 0.111 e. The number of hydrogen-bond acceptors (Lipinski definition) is 4. The molecule has 0 aliphatic carbocycles. The molecule has 0 radical (unpaired) electrons. The zero-order valence-corrected chi connectivity index (χ0v) is 15.9. The number of aromatic nitrogens is 3. The fourth-order valence-corrected chi connectivity index (χ4v) is 3.64. The topological polar surface area (TPSA) is 37.2 Å².